The van der Waals surface area contributed by atoms with E-state index in [2.05, 4.69) is 5.32 Å². The molecule has 0 saturated carbocycles. The lowest BCUT2D eigenvalue weighted by Crippen LogP contribution is -2.30. The number of aromatic hydroxyl groups is 1. The van der Waals surface area contributed by atoms with Gasteiger partial charge < -0.3 is 14.8 Å². The topological polar surface area (TPSA) is 62.5 Å². The van der Waals surface area contributed by atoms with Crippen LogP contribution in [0, 0.1) is 0 Å². The molecule has 4 nitrogen and oxygen atoms in total. The Hall–Kier alpha value is -3.53. The number of hydrogen-bond donors (Lipinski definition) is 2. The Kier molecular flexibility index (Phi) is 4.62. The van der Waals surface area contributed by atoms with Crippen LogP contribution in [0.25, 0.3) is 10.8 Å². The predicted octanol–water partition coefficient (Wildman–Crippen LogP) is 4.59. The first-order valence-corrected chi connectivity index (χ1v) is 8.79. The zero-order chi connectivity index (χ0) is 18.6. The average Bonchev–Trinajstić information content (AvgIpc) is 3.22. The summed E-state index contributed by atoms with van der Waals surface area (Å²) in [6, 6.07) is 23.8. The zero-order valence-electron chi connectivity index (χ0n) is 14.6. The number of furan rings is 1. The van der Waals surface area contributed by atoms with E-state index in [0.29, 0.717) is 11.3 Å². The SMILES string of the molecule is O=C(Cc1ccccc1)N[C@H](c1ccco1)c1c(O)ccc2ccccc12. The first-order chi connectivity index (χ1) is 13.2. The Labute approximate surface area is 157 Å². The molecular weight excluding hydrogens is 338 g/mol. The minimum absolute atomic E-state index is 0.120. The Morgan fingerprint density at radius 2 is 1.70 bits per heavy atom. The van der Waals surface area contributed by atoms with Gasteiger partial charge in [0.15, 0.2) is 0 Å². The van der Waals surface area contributed by atoms with Crippen LogP contribution in [0.4, 0.5) is 0 Å². The van der Waals surface area contributed by atoms with Crippen LogP contribution in [0.1, 0.15) is 22.9 Å². The highest BCUT2D eigenvalue weighted by atomic mass is 16.3. The van der Waals surface area contributed by atoms with Crippen molar-refractivity contribution in [3.63, 3.8) is 0 Å². The van der Waals surface area contributed by atoms with Crippen molar-refractivity contribution in [2.75, 3.05) is 0 Å². The maximum atomic E-state index is 12.7. The van der Waals surface area contributed by atoms with Crippen molar-refractivity contribution in [3.05, 3.63) is 102 Å². The van der Waals surface area contributed by atoms with E-state index < -0.39 is 6.04 Å². The monoisotopic (exact) mass is 357 g/mol. The minimum atomic E-state index is -0.581. The highest BCUT2D eigenvalue weighted by Crippen LogP contribution is 2.36. The van der Waals surface area contributed by atoms with Crippen LogP contribution in [0.5, 0.6) is 5.75 Å². The number of carbonyl (C=O) groups is 1. The third kappa shape index (κ3) is 3.55. The number of rotatable bonds is 5. The summed E-state index contributed by atoms with van der Waals surface area (Å²) in [7, 11) is 0. The predicted molar refractivity (Wildman–Crippen MR) is 104 cm³/mol. The lowest BCUT2D eigenvalue weighted by Gasteiger charge is -2.20. The molecule has 3 aromatic carbocycles. The number of carbonyl (C=O) groups excluding carboxylic acids is 1. The molecule has 1 aromatic heterocycles. The van der Waals surface area contributed by atoms with Gasteiger partial charge >= 0.3 is 0 Å². The van der Waals surface area contributed by atoms with Gasteiger partial charge in [0, 0.05) is 5.56 Å². The summed E-state index contributed by atoms with van der Waals surface area (Å²) in [4.78, 5) is 12.7. The van der Waals surface area contributed by atoms with Crippen LogP contribution in [0.3, 0.4) is 0 Å². The number of fused-ring (bicyclic) bond motifs is 1. The third-order valence-corrected chi connectivity index (χ3v) is 4.58. The van der Waals surface area contributed by atoms with Crippen LogP contribution in [-0.4, -0.2) is 11.0 Å². The lowest BCUT2D eigenvalue weighted by atomic mass is 9.95. The van der Waals surface area contributed by atoms with E-state index in [1.54, 1.807) is 24.5 Å². The van der Waals surface area contributed by atoms with E-state index in [1.165, 1.54) is 0 Å². The lowest BCUT2D eigenvalue weighted by molar-refractivity contribution is -0.121. The van der Waals surface area contributed by atoms with Crippen molar-refractivity contribution >= 4 is 16.7 Å². The van der Waals surface area contributed by atoms with Gasteiger partial charge in [0.1, 0.15) is 17.6 Å². The normalized spacial score (nSPS) is 12.0. The molecule has 4 rings (SSSR count). The molecule has 1 atom stereocenters. The highest BCUT2D eigenvalue weighted by molar-refractivity contribution is 5.89. The molecule has 0 fully saturated rings. The molecule has 0 bridgehead atoms. The fourth-order valence-corrected chi connectivity index (χ4v) is 3.32. The second-order valence-corrected chi connectivity index (χ2v) is 6.40. The molecule has 2 N–H and O–H groups in total. The van der Waals surface area contributed by atoms with Crippen LogP contribution >= 0.6 is 0 Å². The van der Waals surface area contributed by atoms with Crippen molar-refractivity contribution in [1.29, 1.82) is 0 Å². The summed E-state index contributed by atoms with van der Waals surface area (Å²) >= 11 is 0. The van der Waals surface area contributed by atoms with Gasteiger partial charge in [-0.3, -0.25) is 4.79 Å². The number of amides is 1. The largest absolute Gasteiger partial charge is 0.508 e. The van der Waals surface area contributed by atoms with Crippen LogP contribution in [0.2, 0.25) is 0 Å². The molecule has 1 heterocycles. The van der Waals surface area contributed by atoms with Gasteiger partial charge in [0.2, 0.25) is 5.91 Å². The molecular formula is C23H19NO3. The highest BCUT2D eigenvalue weighted by Gasteiger charge is 2.24. The first kappa shape index (κ1) is 16.9. The summed E-state index contributed by atoms with van der Waals surface area (Å²) < 4.78 is 5.58. The molecule has 0 aliphatic carbocycles. The van der Waals surface area contributed by atoms with E-state index in [-0.39, 0.29) is 18.1 Å². The molecule has 1 amide bonds. The van der Waals surface area contributed by atoms with Gasteiger partial charge in [-0.1, -0.05) is 60.7 Å². The van der Waals surface area contributed by atoms with Crippen molar-refractivity contribution in [2.45, 2.75) is 12.5 Å². The minimum Gasteiger partial charge on any atom is -0.508 e. The Morgan fingerprint density at radius 1 is 0.926 bits per heavy atom. The zero-order valence-corrected chi connectivity index (χ0v) is 14.6. The van der Waals surface area contributed by atoms with Crippen LogP contribution < -0.4 is 5.32 Å². The van der Waals surface area contributed by atoms with E-state index in [0.717, 1.165) is 16.3 Å². The van der Waals surface area contributed by atoms with Crippen molar-refractivity contribution in [2.24, 2.45) is 0 Å². The molecule has 4 aromatic rings. The van der Waals surface area contributed by atoms with E-state index in [4.69, 9.17) is 4.42 Å². The second kappa shape index (κ2) is 7.38. The van der Waals surface area contributed by atoms with E-state index >= 15 is 0 Å². The standard InChI is InChI=1S/C23H19NO3/c25-19-13-12-17-9-4-5-10-18(17)22(19)23(20-11-6-14-27-20)24-21(26)15-16-7-2-1-3-8-16/h1-14,23,25H,15H2,(H,24,26)/t23-/m1/s1. The maximum absolute atomic E-state index is 12.7. The van der Waals surface area contributed by atoms with E-state index in [1.807, 2.05) is 60.7 Å². The molecule has 4 heteroatoms. The number of phenolic OH excluding ortho intramolecular Hbond substituents is 1. The number of phenols is 1. The molecule has 0 aliphatic heterocycles. The van der Waals surface area contributed by atoms with Crippen molar-refractivity contribution in [3.8, 4) is 5.75 Å². The molecule has 0 spiro atoms. The number of hydrogen-bond acceptors (Lipinski definition) is 3. The summed E-state index contributed by atoms with van der Waals surface area (Å²) in [5, 5.41) is 15.5. The molecule has 0 aliphatic rings. The third-order valence-electron chi connectivity index (χ3n) is 4.58. The molecule has 27 heavy (non-hydrogen) atoms. The first-order valence-electron chi connectivity index (χ1n) is 8.79. The molecule has 134 valence electrons. The van der Waals surface area contributed by atoms with Gasteiger partial charge in [-0.25, -0.2) is 0 Å². The molecule has 0 unspecified atom stereocenters. The molecule has 0 saturated heterocycles. The number of nitrogens with one attached hydrogen (secondary N) is 1. The summed E-state index contributed by atoms with van der Waals surface area (Å²) in [6.07, 6.45) is 1.82. The van der Waals surface area contributed by atoms with Gasteiger partial charge in [0.05, 0.1) is 12.7 Å². The van der Waals surface area contributed by atoms with Crippen molar-refractivity contribution < 1.29 is 14.3 Å². The van der Waals surface area contributed by atoms with Crippen LogP contribution in [0.15, 0.2) is 89.5 Å². The van der Waals surface area contributed by atoms with Crippen LogP contribution in [-0.2, 0) is 11.2 Å². The Morgan fingerprint density at radius 3 is 2.48 bits per heavy atom. The van der Waals surface area contributed by atoms with Gasteiger partial charge in [-0.15, -0.1) is 0 Å². The summed E-state index contributed by atoms with van der Waals surface area (Å²) in [6.45, 7) is 0. The fourth-order valence-electron chi connectivity index (χ4n) is 3.32. The van der Waals surface area contributed by atoms with Gasteiger partial charge in [-0.2, -0.15) is 0 Å². The Balaban J connectivity index is 1.73. The number of benzene rings is 3. The van der Waals surface area contributed by atoms with Gasteiger partial charge in [0.25, 0.3) is 0 Å². The summed E-state index contributed by atoms with van der Waals surface area (Å²) in [5.41, 5.74) is 1.56. The quantitative estimate of drug-likeness (QED) is 0.549. The smallest absolute Gasteiger partial charge is 0.225 e. The summed E-state index contributed by atoms with van der Waals surface area (Å²) in [5.74, 6) is 0.549. The average molecular weight is 357 g/mol. The second-order valence-electron chi connectivity index (χ2n) is 6.40. The molecule has 0 radical (unpaired) electrons. The van der Waals surface area contributed by atoms with E-state index in [9.17, 15) is 9.90 Å². The van der Waals surface area contributed by atoms with Crippen molar-refractivity contribution in [1.82, 2.24) is 5.32 Å². The fraction of sp³-hybridized carbons (Fsp3) is 0.0870. The van der Waals surface area contributed by atoms with Gasteiger partial charge in [-0.05, 0) is 34.5 Å². The maximum Gasteiger partial charge on any atom is 0.225 e. The Bertz CT molecular complexity index is 1060.